The second-order valence-corrected chi connectivity index (χ2v) is 8.71. The van der Waals surface area contributed by atoms with Crippen molar-refractivity contribution in [2.75, 3.05) is 12.3 Å². The second-order valence-electron chi connectivity index (χ2n) is 6.97. The van der Waals surface area contributed by atoms with Gasteiger partial charge in [0, 0.05) is 33.3 Å². The molecule has 0 bridgehead atoms. The minimum Gasteiger partial charge on any atom is -0.398 e. The molecule has 0 aliphatic carbocycles. The van der Waals surface area contributed by atoms with Gasteiger partial charge in [0.2, 0.25) is 0 Å². The van der Waals surface area contributed by atoms with Crippen molar-refractivity contribution < 1.29 is 0 Å². The van der Waals surface area contributed by atoms with Gasteiger partial charge >= 0.3 is 0 Å². The lowest BCUT2D eigenvalue weighted by molar-refractivity contribution is 0.352. The van der Waals surface area contributed by atoms with Crippen LogP contribution in [0.4, 0.5) is 5.69 Å². The topological polar surface area (TPSA) is 41.3 Å². The predicted octanol–water partition coefficient (Wildman–Crippen LogP) is 5.80. The summed E-state index contributed by atoms with van der Waals surface area (Å²) in [4.78, 5) is 2.22. The van der Waals surface area contributed by atoms with Gasteiger partial charge in [-0.1, -0.05) is 45.7 Å². The molecule has 2 aromatic rings. The largest absolute Gasteiger partial charge is 0.398 e. The van der Waals surface area contributed by atoms with Gasteiger partial charge in [-0.05, 0) is 74.0 Å². The molecule has 0 aromatic heterocycles. The Morgan fingerprint density at radius 3 is 2.78 bits per heavy atom. The standard InChI is InChI=1S/C21H23BrClN3S/c1-13(2)25-21(27)26-9-8-14(18-12-16(22)6-7-19(18)24)11-20(26)15-4-3-5-17(23)10-15/h3-7,10-13,20H,8-9,24H2,1-2H3,(H,25,27). The van der Waals surface area contributed by atoms with Crippen LogP contribution >= 0.6 is 39.7 Å². The van der Waals surface area contributed by atoms with Crippen molar-refractivity contribution in [2.24, 2.45) is 0 Å². The van der Waals surface area contributed by atoms with Crippen molar-refractivity contribution in [1.29, 1.82) is 0 Å². The molecule has 2 aromatic carbocycles. The van der Waals surface area contributed by atoms with Gasteiger partial charge in [0.05, 0.1) is 6.04 Å². The molecule has 3 nitrogen and oxygen atoms in total. The normalized spacial score (nSPS) is 17.0. The number of hydrogen-bond acceptors (Lipinski definition) is 2. The van der Waals surface area contributed by atoms with Crippen LogP contribution in [0.1, 0.15) is 37.4 Å². The Bertz CT molecular complexity index is 881. The summed E-state index contributed by atoms with van der Waals surface area (Å²) in [5, 5.41) is 4.84. The number of rotatable bonds is 3. The number of nitrogens with one attached hydrogen (secondary N) is 1. The molecular formula is C21H23BrClN3S. The van der Waals surface area contributed by atoms with Crippen LogP contribution < -0.4 is 11.1 Å². The highest BCUT2D eigenvalue weighted by Gasteiger charge is 2.27. The first-order chi connectivity index (χ1) is 12.8. The summed E-state index contributed by atoms with van der Waals surface area (Å²) in [5.41, 5.74) is 10.4. The lowest BCUT2D eigenvalue weighted by Gasteiger charge is -2.37. The summed E-state index contributed by atoms with van der Waals surface area (Å²) in [7, 11) is 0. The number of hydrogen-bond donors (Lipinski definition) is 2. The molecule has 0 fully saturated rings. The van der Waals surface area contributed by atoms with E-state index in [1.165, 1.54) is 5.57 Å². The van der Waals surface area contributed by atoms with Gasteiger partial charge < -0.3 is 16.0 Å². The highest BCUT2D eigenvalue weighted by atomic mass is 79.9. The number of nitrogen functional groups attached to an aromatic ring is 1. The molecular weight excluding hydrogens is 442 g/mol. The Morgan fingerprint density at radius 2 is 2.07 bits per heavy atom. The van der Waals surface area contributed by atoms with Crippen molar-refractivity contribution in [3.8, 4) is 0 Å². The molecule has 3 N–H and O–H groups in total. The first-order valence-corrected chi connectivity index (χ1v) is 10.5. The summed E-state index contributed by atoms with van der Waals surface area (Å²) in [5.74, 6) is 0. The molecule has 1 atom stereocenters. The molecule has 0 saturated heterocycles. The van der Waals surface area contributed by atoms with E-state index in [0.29, 0.717) is 0 Å². The van der Waals surface area contributed by atoms with E-state index in [9.17, 15) is 0 Å². The Hall–Kier alpha value is -1.56. The smallest absolute Gasteiger partial charge is 0.169 e. The number of anilines is 1. The third-order valence-corrected chi connectivity index (χ3v) is 5.62. The first kappa shape index (κ1) is 20.2. The van der Waals surface area contributed by atoms with E-state index in [4.69, 9.17) is 29.6 Å². The van der Waals surface area contributed by atoms with Crippen molar-refractivity contribution >= 4 is 56.1 Å². The summed E-state index contributed by atoms with van der Waals surface area (Å²) in [6.07, 6.45) is 3.12. The van der Waals surface area contributed by atoms with Gasteiger partial charge in [0.25, 0.3) is 0 Å². The average Bonchev–Trinajstić information content (AvgIpc) is 2.62. The SMILES string of the molecule is CC(C)NC(=S)N1CCC(c2cc(Br)ccc2N)=CC1c1cccc(Cl)c1. The second kappa shape index (κ2) is 8.63. The summed E-state index contributed by atoms with van der Waals surface area (Å²) in [6.45, 7) is 5.00. The zero-order chi connectivity index (χ0) is 19.6. The van der Waals surface area contributed by atoms with Gasteiger partial charge in [0.1, 0.15) is 0 Å². The minimum absolute atomic E-state index is 0.00424. The van der Waals surface area contributed by atoms with E-state index in [0.717, 1.165) is 44.4 Å². The molecule has 0 radical (unpaired) electrons. The minimum atomic E-state index is 0.00424. The molecule has 1 unspecified atom stereocenters. The fourth-order valence-electron chi connectivity index (χ4n) is 3.30. The molecule has 3 rings (SSSR count). The fourth-order valence-corrected chi connectivity index (χ4v) is 4.30. The molecule has 1 aliphatic heterocycles. The van der Waals surface area contributed by atoms with Crippen LogP contribution in [-0.4, -0.2) is 22.6 Å². The summed E-state index contributed by atoms with van der Waals surface area (Å²) < 4.78 is 1.02. The van der Waals surface area contributed by atoms with E-state index in [1.807, 2.05) is 30.3 Å². The van der Waals surface area contributed by atoms with Crippen LogP contribution in [0.3, 0.4) is 0 Å². The quantitative estimate of drug-likeness (QED) is 0.445. The van der Waals surface area contributed by atoms with Crippen molar-refractivity contribution in [1.82, 2.24) is 10.2 Å². The zero-order valence-corrected chi connectivity index (χ0v) is 18.5. The zero-order valence-electron chi connectivity index (χ0n) is 15.4. The maximum atomic E-state index is 6.26. The molecule has 1 heterocycles. The van der Waals surface area contributed by atoms with Crippen LogP contribution in [0, 0.1) is 0 Å². The van der Waals surface area contributed by atoms with Gasteiger partial charge in [0.15, 0.2) is 5.11 Å². The lowest BCUT2D eigenvalue weighted by Crippen LogP contribution is -2.45. The highest BCUT2D eigenvalue weighted by molar-refractivity contribution is 9.10. The summed E-state index contributed by atoms with van der Waals surface area (Å²) >= 11 is 15.5. The number of benzene rings is 2. The number of nitrogens with two attached hydrogens (primary N) is 1. The van der Waals surface area contributed by atoms with E-state index in [1.54, 1.807) is 0 Å². The Balaban J connectivity index is 2.03. The third-order valence-electron chi connectivity index (χ3n) is 4.54. The highest BCUT2D eigenvalue weighted by Crippen LogP contribution is 2.37. The van der Waals surface area contributed by atoms with Crippen LogP contribution in [0.2, 0.25) is 5.02 Å². The maximum Gasteiger partial charge on any atom is 0.169 e. The van der Waals surface area contributed by atoms with Gasteiger partial charge in [-0.3, -0.25) is 0 Å². The van der Waals surface area contributed by atoms with Gasteiger partial charge in [-0.15, -0.1) is 0 Å². The molecule has 0 saturated carbocycles. The third kappa shape index (κ3) is 4.84. The van der Waals surface area contributed by atoms with Crippen molar-refractivity contribution in [3.05, 3.63) is 69.2 Å². The number of halogens is 2. The van der Waals surface area contributed by atoms with E-state index < -0.39 is 0 Å². The van der Waals surface area contributed by atoms with Crippen molar-refractivity contribution in [3.63, 3.8) is 0 Å². The van der Waals surface area contributed by atoms with E-state index >= 15 is 0 Å². The Kier molecular flexibility index (Phi) is 6.45. The number of thiocarbonyl (C=S) groups is 1. The molecule has 0 spiro atoms. The van der Waals surface area contributed by atoms with Crippen LogP contribution in [0.15, 0.2) is 53.0 Å². The first-order valence-electron chi connectivity index (χ1n) is 8.94. The Morgan fingerprint density at radius 1 is 1.30 bits per heavy atom. The predicted molar refractivity (Wildman–Crippen MR) is 123 cm³/mol. The maximum absolute atomic E-state index is 6.26. The molecule has 142 valence electrons. The molecule has 1 aliphatic rings. The van der Waals surface area contributed by atoms with Gasteiger partial charge in [-0.25, -0.2) is 0 Å². The monoisotopic (exact) mass is 463 g/mol. The van der Waals surface area contributed by atoms with Crippen LogP contribution in [-0.2, 0) is 0 Å². The lowest BCUT2D eigenvalue weighted by atomic mass is 9.92. The summed E-state index contributed by atoms with van der Waals surface area (Å²) in [6, 6.07) is 14.2. The van der Waals surface area contributed by atoms with E-state index in [-0.39, 0.29) is 12.1 Å². The molecule has 27 heavy (non-hydrogen) atoms. The van der Waals surface area contributed by atoms with Crippen LogP contribution in [0.5, 0.6) is 0 Å². The average molecular weight is 465 g/mol. The molecule has 0 amide bonds. The fraction of sp³-hybridized carbons (Fsp3) is 0.286. The van der Waals surface area contributed by atoms with Crippen LogP contribution in [0.25, 0.3) is 5.57 Å². The number of nitrogens with zero attached hydrogens (tertiary/aromatic N) is 1. The van der Waals surface area contributed by atoms with Gasteiger partial charge in [-0.2, -0.15) is 0 Å². The Labute approximate surface area is 179 Å². The van der Waals surface area contributed by atoms with E-state index in [2.05, 4.69) is 58.2 Å². The van der Waals surface area contributed by atoms with Crippen molar-refractivity contribution in [2.45, 2.75) is 32.4 Å². The molecule has 6 heteroatoms.